The maximum atomic E-state index is 13.0. The highest BCUT2D eigenvalue weighted by Gasteiger charge is 2.34. The van der Waals surface area contributed by atoms with Gasteiger partial charge in [0.15, 0.2) is 5.75 Å². The predicted octanol–water partition coefficient (Wildman–Crippen LogP) is 2.26. The molecule has 1 fully saturated rings. The Bertz CT molecular complexity index is 989. The van der Waals surface area contributed by atoms with Crippen molar-refractivity contribution >= 4 is 39.4 Å². The first kappa shape index (κ1) is 22.2. The maximum absolute atomic E-state index is 13.0. The SMILES string of the molecule is CC1=CCC[C@H]1NC(=O)Nc1ccc(Cl)c(S(=O)(=O)N2CCN(C(=O)O)CC2)c1O. The van der Waals surface area contributed by atoms with Crippen molar-refractivity contribution in [2.24, 2.45) is 0 Å². The largest absolute Gasteiger partial charge is 0.504 e. The van der Waals surface area contributed by atoms with Crippen LogP contribution >= 0.6 is 11.6 Å². The number of carbonyl (C=O) groups is 2. The quantitative estimate of drug-likeness (QED) is 0.403. The molecule has 0 spiro atoms. The van der Waals surface area contributed by atoms with E-state index in [-0.39, 0.29) is 42.9 Å². The number of hydrogen-bond donors (Lipinski definition) is 4. The third-order valence-electron chi connectivity index (χ3n) is 5.22. The molecule has 30 heavy (non-hydrogen) atoms. The number of urea groups is 1. The number of allylic oxidation sites excluding steroid dienone is 1. The second-order valence-corrected chi connectivity index (χ2v) is 9.40. The Kier molecular flexibility index (Phi) is 6.44. The number of hydrogen-bond acceptors (Lipinski definition) is 5. The van der Waals surface area contributed by atoms with E-state index >= 15 is 0 Å². The number of carbonyl (C=O) groups excluding carboxylic acids is 1. The molecule has 12 heteroatoms. The molecule has 3 rings (SSSR count). The number of phenolic OH excluding ortho intramolecular Hbond substituents is 1. The fourth-order valence-corrected chi connectivity index (χ4v) is 5.51. The molecule has 1 aromatic rings. The molecule has 0 unspecified atom stereocenters. The molecule has 0 aromatic heterocycles. The minimum Gasteiger partial charge on any atom is -0.504 e. The van der Waals surface area contributed by atoms with Crippen LogP contribution in [0.1, 0.15) is 19.8 Å². The number of aromatic hydroxyl groups is 1. The van der Waals surface area contributed by atoms with E-state index in [1.807, 2.05) is 13.0 Å². The number of carboxylic acid groups (broad SMARTS) is 1. The zero-order valence-corrected chi connectivity index (χ0v) is 17.8. The van der Waals surface area contributed by atoms with Gasteiger partial charge in [0.05, 0.1) is 16.8 Å². The van der Waals surface area contributed by atoms with Gasteiger partial charge in [0.1, 0.15) is 4.90 Å². The molecule has 1 aliphatic heterocycles. The summed E-state index contributed by atoms with van der Waals surface area (Å²) in [7, 11) is -4.21. The lowest BCUT2D eigenvalue weighted by Gasteiger charge is -2.32. The highest BCUT2D eigenvalue weighted by atomic mass is 35.5. The van der Waals surface area contributed by atoms with Gasteiger partial charge in [-0.25, -0.2) is 18.0 Å². The van der Waals surface area contributed by atoms with Crippen LogP contribution in [0.2, 0.25) is 5.02 Å². The molecule has 0 radical (unpaired) electrons. The zero-order valence-electron chi connectivity index (χ0n) is 16.3. The number of nitrogens with one attached hydrogen (secondary N) is 2. The lowest BCUT2D eigenvalue weighted by atomic mass is 10.2. The van der Waals surface area contributed by atoms with Crippen molar-refractivity contribution in [3.8, 4) is 5.75 Å². The number of phenols is 1. The van der Waals surface area contributed by atoms with Crippen LogP contribution in [0.15, 0.2) is 28.7 Å². The summed E-state index contributed by atoms with van der Waals surface area (Å²) < 4.78 is 27.1. The summed E-state index contributed by atoms with van der Waals surface area (Å²) in [5.74, 6) is -0.669. The zero-order chi connectivity index (χ0) is 22.1. The Morgan fingerprint density at radius 2 is 1.87 bits per heavy atom. The Morgan fingerprint density at radius 3 is 2.43 bits per heavy atom. The average Bonchev–Trinajstić information content (AvgIpc) is 3.08. The summed E-state index contributed by atoms with van der Waals surface area (Å²) in [4.78, 5) is 23.9. The van der Waals surface area contributed by atoms with E-state index in [0.717, 1.165) is 27.6 Å². The highest BCUT2D eigenvalue weighted by Crippen LogP contribution is 2.38. The van der Waals surface area contributed by atoms with Gasteiger partial charge >= 0.3 is 12.1 Å². The molecule has 1 heterocycles. The second kappa shape index (κ2) is 8.70. The summed E-state index contributed by atoms with van der Waals surface area (Å²) in [5, 5.41) is 24.6. The first-order valence-electron chi connectivity index (χ1n) is 9.35. The van der Waals surface area contributed by atoms with Gasteiger partial charge in [-0.2, -0.15) is 4.31 Å². The Balaban J connectivity index is 1.79. The summed E-state index contributed by atoms with van der Waals surface area (Å²) in [6.07, 6.45) is 2.53. The Labute approximate surface area is 179 Å². The van der Waals surface area contributed by atoms with E-state index in [1.54, 1.807) is 0 Å². The molecular weight excluding hydrogens is 436 g/mol. The maximum Gasteiger partial charge on any atom is 0.407 e. The Hall–Kier alpha value is -2.50. The van der Waals surface area contributed by atoms with Gasteiger partial charge in [0.25, 0.3) is 0 Å². The second-order valence-electron chi connectivity index (χ2n) is 7.12. The van der Waals surface area contributed by atoms with Gasteiger partial charge in [0.2, 0.25) is 10.0 Å². The van der Waals surface area contributed by atoms with Crippen LogP contribution < -0.4 is 10.6 Å². The smallest absolute Gasteiger partial charge is 0.407 e. The van der Waals surface area contributed by atoms with Crippen molar-refractivity contribution in [2.75, 3.05) is 31.5 Å². The van der Waals surface area contributed by atoms with E-state index in [2.05, 4.69) is 10.6 Å². The van der Waals surface area contributed by atoms with Crippen molar-refractivity contribution in [2.45, 2.75) is 30.7 Å². The minimum atomic E-state index is -4.21. The van der Waals surface area contributed by atoms with Crippen LogP contribution in [0.5, 0.6) is 5.75 Å². The monoisotopic (exact) mass is 458 g/mol. The standard InChI is InChI=1S/C18H23ClN4O6S/c1-11-3-2-4-13(11)20-17(25)21-14-6-5-12(19)16(15(14)24)30(28,29)23-9-7-22(8-10-23)18(26)27/h3,5-6,13,24H,2,4,7-10H2,1H3,(H,26,27)(H2,20,21,25)/t13-/m1/s1. The van der Waals surface area contributed by atoms with Gasteiger partial charge < -0.3 is 25.7 Å². The number of rotatable bonds is 4. The van der Waals surface area contributed by atoms with E-state index in [0.29, 0.717) is 0 Å². The summed E-state index contributed by atoms with van der Waals surface area (Å²) in [6.45, 7) is 1.77. The number of piperazine rings is 1. The fourth-order valence-electron chi connectivity index (χ4n) is 3.49. The van der Waals surface area contributed by atoms with Gasteiger partial charge in [-0.1, -0.05) is 23.3 Å². The van der Waals surface area contributed by atoms with E-state index < -0.39 is 32.8 Å². The normalized spacial score (nSPS) is 20.0. The number of halogens is 1. The van der Waals surface area contributed by atoms with Crippen molar-refractivity contribution in [1.29, 1.82) is 0 Å². The van der Waals surface area contributed by atoms with E-state index in [9.17, 15) is 23.1 Å². The average molecular weight is 459 g/mol. The third-order valence-corrected chi connectivity index (χ3v) is 7.62. The summed E-state index contributed by atoms with van der Waals surface area (Å²) in [5.41, 5.74) is 0.938. The molecule has 4 N–H and O–H groups in total. The number of anilines is 1. The molecular formula is C18H23ClN4O6S. The topological polar surface area (TPSA) is 139 Å². The van der Waals surface area contributed by atoms with Crippen LogP contribution in [0.25, 0.3) is 0 Å². The predicted molar refractivity (Wildman–Crippen MR) is 110 cm³/mol. The number of nitrogens with zero attached hydrogens (tertiary/aromatic N) is 2. The van der Waals surface area contributed by atoms with Crippen molar-refractivity contribution in [1.82, 2.24) is 14.5 Å². The highest BCUT2D eigenvalue weighted by molar-refractivity contribution is 7.89. The number of benzene rings is 1. The van der Waals surface area contributed by atoms with Gasteiger partial charge in [-0.3, -0.25) is 0 Å². The molecule has 3 amide bonds. The van der Waals surface area contributed by atoms with Crippen molar-refractivity contribution in [3.05, 3.63) is 28.8 Å². The van der Waals surface area contributed by atoms with Crippen LogP contribution in [0, 0.1) is 0 Å². The third kappa shape index (κ3) is 4.47. The van der Waals surface area contributed by atoms with Crippen molar-refractivity contribution in [3.63, 3.8) is 0 Å². The first-order valence-corrected chi connectivity index (χ1v) is 11.2. The van der Waals surface area contributed by atoms with Crippen molar-refractivity contribution < 1.29 is 28.2 Å². The van der Waals surface area contributed by atoms with Crippen LogP contribution in [-0.2, 0) is 10.0 Å². The van der Waals surface area contributed by atoms with Gasteiger partial charge in [0, 0.05) is 26.2 Å². The minimum absolute atomic E-state index is 0.00154. The molecule has 1 aliphatic carbocycles. The summed E-state index contributed by atoms with van der Waals surface area (Å²) in [6, 6.07) is 1.90. The molecule has 2 aliphatic rings. The molecule has 164 valence electrons. The summed E-state index contributed by atoms with van der Waals surface area (Å²) >= 11 is 6.07. The lowest BCUT2D eigenvalue weighted by Crippen LogP contribution is -2.50. The fraction of sp³-hybridized carbons (Fsp3) is 0.444. The van der Waals surface area contributed by atoms with Crippen LogP contribution in [-0.4, -0.2) is 72.2 Å². The molecule has 0 saturated carbocycles. The molecule has 1 aromatic carbocycles. The number of sulfonamides is 1. The van der Waals surface area contributed by atoms with E-state index in [4.69, 9.17) is 16.7 Å². The Morgan fingerprint density at radius 1 is 1.20 bits per heavy atom. The molecule has 1 atom stereocenters. The van der Waals surface area contributed by atoms with Gasteiger partial charge in [-0.15, -0.1) is 0 Å². The first-order chi connectivity index (χ1) is 14.1. The molecule has 10 nitrogen and oxygen atoms in total. The number of amides is 3. The molecule has 0 bridgehead atoms. The molecule has 1 saturated heterocycles. The van der Waals surface area contributed by atoms with E-state index in [1.165, 1.54) is 12.1 Å². The van der Waals surface area contributed by atoms with Crippen LogP contribution in [0.4, 0.5) is 15.3 Å². The van der Waals surface area contributed by atoms with Gasteiger partial charge in [-0.05, 0) is 31.9 Å². The van der Waals surface area contributed by atoms with Crippen LogP contribution in [0.3, 0.4) is 0 Å². The lowest BCUT2D eigenvalue weighted by molar-refractivity contribution is 0.126.